The summed E-state index contributed by atoms with van der Waals surface area (Å²) in [6, 6.07) is 4.13. The molecule has 1 aromatic carbocycles. The van der Waals surface area contributed by atoms with E-state index >= 15 is 0 Å². The standard InChI is InChI=1S/C13H17NO6/c1-10(15)11-3-4-13(12(9-11)14(16)17)20-8-7-19-6-5-18-2/h3-4,9H,5-8H2,1-2H3. The summed E-state index contributed by atoms with van der Waals surface area (Å²) in [5.74, 6) is -0.113. The van der Waals surface area contributed by atoms with Crippen molar-refractivity contribution in [2.24, 2.45) is 0 Å². The Kier molecular flexibility index (Phi) is 6.61. The number of methoxy groups -OCH3 is 1. The Balaban J connectivity index is 2.60. The predicted molar refractivity (Wildman–Crippen MR) is 71.3 cm³/mol. The fourth-order valence-corrected chi connectivity index (χ4v) is 1.46. The van der Waals surface area contributed by atoms with Crippen LogP contribution in [0.25, 0.3) is 0 Å². The number of ketones is 1. The lowest BCUT2D eigenvalue weighted by Gasteiger charge is -2.08. The van der Waals surface area contributed by atoms with Crippen molar-refractivity contribution in [3.05, 3.63) is 33.9 Å². The third kappa shape index (κ3) is 4.94. The third-order valence-corrected chi connectivity index (χ3v) is 2.48. The first-order valence-corrected chi connectivity index (χ1v) is 6.05. The van der Waals surface area contributed by atoms with Crippen LogP contribution in [0.5, 0.6) is 5.75 Å². The third-order valence-electron chi connectivity index (χ3n) is 2.48. The molecule has 20 heavy (non-hydrogen) atoms. The zero-order valence-electron chi connectivity index (χ0n) is 11.5. The fraction of sp³-hybridized carbons (Fsp3) is 0.462. The highest BCUT2D eigenvalue weighted by molar-refractivity contribution is 5.95. The number of nitrogens with zero attached hydrogens (tertiary/aromatic N) is 1. The van der Waals surface area contributed by atoms with Gasteiger partial charge in [-0.15, -0.1) is 0 Å². The molecule has 0 atom stereocenters. The van der Waals surface area contributed by atoms with E-state index in [4.69, 9.17) is 14.2 Å². The summed E-state index contributed by atoms with van der Waals surface area (Å²) in [6.07, 6.45) is 0. The fourth-order valence-electron chi connectivity index (χ4n) is 1.46. The monoisotopic (exact) mass is 283 g/mol. The Morgan fingerprint density at radius 1 is 1.25 bits per heavy atom. The Hall–Kier alpha value is -1.99. The van der Waals surface area contributed by atoms with Crippen molar-refractivity contribution in [3.8, 4) is 5.75 Å². The summed E-state index contributed by atoms with van der Waals surface area (Å²) < 4.78 is 15.3. The number of benzene rings is 1. The summed E-state index contributed by atoms with van der Waals surface area (Å²) in [6.45, 7) is 2.75. The number of rotatable bonds is 9. The Morgan fingerprint density at radius 3 is 2.55 bits per heavy atom. The van der Waals surface area contributed by atoms with E-state index in [9.17, 15) is 14.9 Å². The SMILES string of the molecule is COCCOCCOc1ccc(C(C)=O)cc1[N+](=O)[O-]. The molecule has 1 rings (SSSR count). The highest BCUT2D eigenvalue weighted by atomic mass is 16.6. The number of nitro groups is 1. The van der Waals surface area contributed by atoms with Crippen LogP contribution in [0.4, 0.5) is 5.69 Å². The molecule has 0 saturated heterocycles. The number of ether oxygens (including phenoxy) is 3. The van der Waals surface area contributed by atoms with Crippen LogP contribution in [-0.4, -0.2) is 44.2 Å². The molecular weight excluding hydrogens is 266 g/mol. The van der Waals surface area contributed by atoms with Crippen LogP contribution in [0.1, 0.15) is 17.3 Å². The molecule has 0 aliphatic rings. The zero-order valence-corrected chi connectivity index (χ0v) is 11.5. The topological polar surface area (TPSA) is 87.9 Å². The maximum atomic E-state index is 11.2. The van der Waals surface area contributed by atoms with Crippen molar-refractivity contribution in [3.63, 3.8) is 0 Å². The lowest BCUT2D eigenvalue weighted by molar-refractivity contribution is -0.385. The summed E-state index contributed by atoms with van der Waals surface area (Å²) in [7, 11) is 1.57. The first kappa shape index (κ1) is 16.1. The van der Waals surface area contributed by atoms with E-state index in [-0.39, 0.29) is 29.4 Å². The molecule has 1 aromatic rings. The van der Waals surface area contributed by atoms with Crippen LogP contribution in [-0.2, 0) is 9.47 Å². The summed E-state index contributed by atoms with van der Waals surface area (Å²) in [5, 5.41) is 10.9. The maximum Gasteiger partial charge on any atom is 0.311 e. The van der Waals surface area contributed by atoms with Gasteiger partial charge in [-0.2, -0.15) is 0 Å². The van der Waals surface area contributed by atoms with Gasteiger partial charge in [0.2, 0.25) is 0 Å². The van der Waals surface area contributed by atoms with E-state index in [0.717, 1.165) is 0 Å². The lowest BCUT2D eigenvalue weighted by atomic mass is 10.1. The van der Waals surface area contributed by atoms with Crippen LogP contribution in [0.2, 0.25) is 0 Å². The number of carbonyl (C=O) groups is 1. The molecule has 0 heterocycles. The summed E-state index contributed by atoms with van der Waals surface area (Å²) in [5.41, 5.74) is 0.0509. The van der Waals surface area contributed by atoms with Gasteiger partial charge in [-0.25, -0.2) is 0 Å². The molecule has 0 unspecified atom stereocenters. The Labute approximate surface area is 116 Å². The molecule has 0 bridgehead atoms. The molecule has 0 spiro atoms. The van der Waals surface area contributed by atoms with Gasteiger partial charge >= 0.3 is 5.69 Å². The number of hydrogen-bond acceptors (Lipinski definition) is 6. The van der Waals surface area contributed by atoms with Crippen LogP contribution in [0.15, 0.2) is 18.2 Å². The first-order valence-electron chi connectivity index (χ1n) is 6.05. The smallest absolute Gasteiger partial charge is 0.311 e. The molecule has 7 heteroatoms. The average molecular weight is 283 g/mol. The van der Waals surface area contributed by atoms with Gasteiger partial charge in [-0.3, -0.25) is 14.9 Å². The van der Waals surface area contributed by atoms with Crippen LogP contribution in [0.3, 0.4) is 0 Å². The molecule has 0 aromatic heterocycles. The predicted octanol–water partition coefficient (Wildman–Crippen LogP) is 1.84. The zero-order chi connectivity index (χ0) is 15.0. The van der Waals surface area contributed by atoms with Crippen LogP contribution < -0.4 is 4.74 Å². The number of nitro benzene ring substituents is 1. The van der Waals surface area contributed by atoms with Gasteiger partial charge in [-0.1, -0.05) is 0 Å². The molecule has 0 N–H and O–H groups in total. The van der Waals surface area contributed by atoms with E-state index in [1.54, 1.807) is 7.11 Å². The average Bonchev–Trinajstić information content (AvgIpc) is 2.42. The molecule has 0 amide bonds. The van der Waals surface area contributed by atoms with Gasteiger partial charge in [0, 0.05) is 18.7 Å². The van der Waals surface area contributed by atoms with E-state index in [0.29, 0.717) is 19.8 Å². The summed E-state index contributed by atoms with van der Waals surface area (Å²) >= 11 is 0. The highest BCUT2D eigenvalue weighted by Gasteiger charge is 2.17. The molecule has 7 nitrogen and oxygen atoms in total. The molecule has 0 fully saturated rings. The maximum absolute atomic E-state index is 11.2. The summed E-state index contributed by atoms with van der Waals surface area (Å²) in [4.78, 5) is 21.6. The van der Waals surface area contributed by atoms with Crippen molar-refractivity contribution < 1.29 is 23.9 Å². The van der Waals surface area contributed by atoms with Crippen LogP contribution >= 0.6 is 0 Å². The molecule has 110 valence electrons. The van der Waals surface area contributed by atoms with Gasteiger partial charge < -0.3 is 14.2 Å². The van der Waals surface area contributed by atoms with Crippen molar-refractivity contribution in [1.82, 2.24) is 0 Å². The molecule has 0 aliphatic heterocycles. The normalized spacial score (nSPS) is 10.3. The second-order valence-electron chi connectivity index (χ2n) is 3.95. The Bertz CT molecular complexity index is 474. The van der Waals surface area contributed by atoms with E-state index in [2.05, 4.69) is 0 Å². The second kappa shape index (κ2) is 8.23. The second-order valence-corrected chi connectivity index (χ2v) is 3.95. The minimum absolute atomic E-state index is 0.121. The molecule has 0 aliphatic carbocycles. The minimum Gasteiger partial charge on any atom is -0.484 e. The number of hydrogen-bond donors (Lipinski definition) is 0. The van der Waals surface area contributed by atoms with Crippen LogP contribution in [0, 0.1) is 10.1 Å². The van der Waals surface area contributed by atoms with Crippen molar-refractivity contribution in [1.29, 1.82) is 0 Å². The number of Topliss-reactive ketones (excluding diaryl/α,β-unsaturated/α-hetero) is 1. The molecular formula is C13H17NO6. The van der Waals surface area contributed by atoms with Crippen molar-refractivity contribution in [2.75, 3.05) is 33.5 Å². The molecule has 0 radical (unpaired) electrons. The van der Waals surface area contributed by atoms with Gasteiger partial charge in [0.1, 0.15) is 6.61 Å². The van der Waals surface area contributed by atoms with Crippen molar-refractivity contribution in [2.45, 2.75) is 6.92 Å². The molecule has 0 saturated carbocycles. The highest BCUT2D eigenvalue weighted by Crippen LogP contribution is 2.28. The number of carbonyl (C=O) groups excluding carboxylic acids is 1. The van der Waals surface area contributed by atoms with E-state index in [1.807, 2.05) is 0 Å². The van der Waals surface area contributed by atoms with Gasteiger partial charge in [0.25, 0.3) is 0 Å². The quantitative estimate of drug-likeness (QED) is 0.297. The van der Waals surface area contributed by atoms with E-state index in [1.165, 1.54) is 25.1 Å². The van der Waals surface area contributed by atoms with Gasteiger partial charge in [-0.05, 0) is 19.1 Å². The van der Waals surface area contributed by atoms with Crippen molar-refractivity contribution >= 4 is 11.5 Å². The largest absolute Gasteiger partial charge is 0.484 e. The van der Waals surface area contributed by atoms with Gasteiger partial charge in [0.05, 0.1) is 24.7 Å². The van der Waals surface area contributed by atoms with Gasteiger partial charge in [0.15, 0.2) is 11.5 Å². The van der Waals surface area contributed by atoms with E-state index < -0.39 is 4.92 Å². The first-order chi connectivity index (χ1) is 9.56. The lowest BCUT2D eigenvalue weighted by Crippen LogP contribution is -2.11. The minimum atomic E-state index is -0.576. The Morgan fingerprint density at radius 2 is 1.95 bits per heavy atom.